The van der Waals surface area contributed by atoms with Gasteiger partial charge in [0.25, 0.3) is 5.91 Å². The fourth-order valence-electron chi connectivity index (χ4n) is 3.77. The summed E-state index contributed by atoms with van der Waals surface area (Å²) in [5.74, 6) is -0.585. The summed E-state index contributed by atoms with van der Waals surface area (Å²) in [4.78, 5) is 23.7. The minimum Gasteiger partial charge on any atom is -0.436 e. The number of carbonyl (C=O) groups is 1. The van der Waals surface area contributed by atoms with E-state index in [0.29, 0.717) is 11.3 Å². The molecule has 0 fully saturated rings. The van der Waals surface area contributed by atoms with Crippen molar-refractivity contribution in [2.75, 3.05) is 31.8 Å². The summed E-state index contributed by atoms with van der Waals surface area (Å²) >= 11 is 0. The normalized spacial score (nSPS) is 10.7. The predicted molar refractivity (Wildman–Crippen MR) is 145 cm³/mol. The molecule has 4 aromatic rings. The molecule has 0 spiro atoms. The van der Waals surface area contributed by atoms with Crippen LogP contribution in [-0.2, 0) is 11.3 Å². The van der Waals surface area contributed by atoms with Crippen LogP contribution < -0.4 is 15.4 Å². The summed E-state index contributed by atoms with van der Waals surface area (Å²) in [5.41, 5.74) is 5.15. The quantitative estimate of drug-likeness (QED) is 0.283. The topological polar surface area (TPSA) is 79.4 Å². The fraction of sp³-hybridized carbons (Fsp3) is 0.138. The predicted octanol–water partition coefficient (Wildman–Crippen LogP) is 5.83. The first-order chi connectivity index (χ1) is 17.8. The molecule has 0 aliphatic heterocycles. The Morgan fingerprint density at radius 3 is 2.54 bits per heavy atom. The van der Waals surface area contributed by atoms with E-state index in [1.54, 1.807) is 37.5 Å². The van der Waals surface area contributed by atoms with Gasteiger partial charge in [-0.25, -0.2) is 9.37 Å². The second-order valence-corrected chi connectivity index (χ2v) is 8.68. The molecular weight excluding hydrogens is 469 g/mol. The number of amides is 1. The largest absolute Gasteiger partial charge is 0.436 e. The number of hydrogen-bond acceptors (Lipinski definition) is 6. The molecular formula is C29H28FN5O2. The molecule has 0 saturated carbocycles. The van der Waals surface area contributed by atoms with E-state index in [9.17, 15) is 9.18 Å². The molecule has 4 rings (SSSR count). The van der Waals surface area contributed by atoms with Crippen LogP contribution in [0, 0.1) is 5.82 Å². The summed E-state index contributed by atoms with van der Waals surface area (Å²) in [5, 5.41) is 5.93. The summed E-state index contributed by atoms with van der Waals surface area (Å²) in [6, 6.07) is 17.2. The average molecular weight is 498 g/mol. The second-order valence-electron chi connectivity index (χ2n) is 8.68. The van der Waals surface area contributed by atoms with Gasteiger partial charge in [0.15, 0.2) is 11.6 Å². The van der Waals surface area contributed by atoms with Crippen molar-refractivity contribution < 1.29 is 13.9 Å². The van der Waals surface area contributed by atoms with Crippen molar-refractivity contribution in [1.82, 2.24) is 14.9 Å². The van der Waals surface area contributed by atoms with Crippen LogP contribution in [0.4, 0.5) is 15.8 Å². The molecule has 2 N–H and O–H groups in total. The number of carbonyl (C=O) groups excluding carboxylic acids is 1. The van der Waals surface area contributed by atoms with Crippen LogP contribution in [0.5, 0.6) is 11.6 Å². The molecule has 0 aliphatic carbocycles. The molecule has 0 unspecified atom stereocenters. The highest BCUT2D eigenvalue weighted by Gasteiger charge is 2.16. The zero-order valence-electron chi connectivity index (χ0n) is 21.0. The summed E-state index contributed by atoms with van der Waals surface area (Å²) in [6.07, 6.45) is 5.09. The van der Waals surface area contributed by atoms with E-state index in [2.05, 4.69) is 38.1 Å². The Labute approximate surface area is 215 Å². The zero-order chi connectivity index (χ0) is 26.4. The third-order valence-corrected chi connectivity index (χ3v) is 5.56. The Bertz CT molecular complexity index is 1420. The molecule has 2 aromatic heterocycles. The number of pyridine rings is 2. The number of ether oxygens (including phenoxy) is 1. The van der Waals surface area contributed by atoms with Crippen molar-refractivity contribution in [3.05, 3.63) is 103 Å². The van der Waals surface area contributed by atoms with Gasteiger partial charge in [0.2, 0.25) is 5.88 Å². The van der Waals surface area contributed by atoms with Crippen LogP contribution in [0.25, 0.3) is 16.7 Å². The molecule has 8 heteroatoms. The maximum atomic E-state index is 13.8. The minimum atomic E-state index is -0.485. The van der Waals surface area contributed by atoms with Crippen molar-refractivity contribution in [2.24, 2.45) is 0 Å². The van der Waals surface area contributed by atoms with Crippen LogP contribution in [0.3, 0.4) is 0 Å². The van der Waals surface area contributed by atoms with Gasteiger partial charge in [0.05, 0.1) is 11.9 Å². The zero-order valence-corrected chi connectivity index (χ0v) is 21.0. The lowest BCUT2D eigenvalue weighted by Gasteiger charge is -2.15. The van der Waals surface area contributed by atoms with Gasteiger partial charge >= 0.3 is 0 Å². The van der Waals surface area contributed by atoms with E-state index in [4.69, 9.17) is 4.74 Å². The van der Waals surface area contributed by atoms with Gasteiger partial charge in [-0.05, 0) is 61.6 Å². The Morgan fingerprint density at radius 2 is 1.84 bits per heavy atom. The molecule has 1 amide bonds. The number of anilines is 2. The van der Waals surface area contributed by atoms with Gasteiger partial charge in [0, 0.05) is 54.4 Å². The maximum absolute atomic E-state index is 13.8. The number of nitrogens with one attached hydrogen (secondary N) is 2. The molecule has 188 valence electrons. The molecule has 7 nitrogen and oxygen atoms in total. The highest BCUT2D eigenvalue weighted by atomic mass is 19.1. The SMILES string of the molecule is C=C(C(=O)Nc1ccc(Oc2ccccc2F)nc1)c1cc(-c2cncc(CN(C)C)c2)ccc1NC. The van der Waals surface area contributed by atoms with E-state index < -0.39 is 5.82 Å². The number of hydrogen-bond donors (Lipinski definition) is 2. The number of halogens is 1. The Kier molecular flexibility index (Phi) is 7.90. The van der Waals surface area contributed by atoms with Crippen molar-refractivity contribution in [3.63, 3.8) is 0 Å². The van der Waals surface area contributed by atoms with Gasteiger partial charge in [0.1, 0.15) is 0 Å². The van der Waals surface area contributed by atoms with E-state index >= 15 is 0 Å². The molecule has 0 atom stereocenters. The lowest BCUT2D eigenvalue weighted by molar-refractivity contribution is -0.111. The van der Waals surface area contributed by atoms with Crippen molar-refractivity contribution >= 4 is 22.9 Å². The van der Waals surface area contributed by atoms with Crippen molar-refractivity contribution in [1.29, 1.82) is 0 Å². The Morgan fingerprint density at radius 1 is 1.03 bits per heavy atom. The van der Waals surface area contributed by atoms with Crippen LogP contribution in [0.1, 0.15) is 11.1 Å². The van der Waals surface area contributed by atoms with E-state index in [1.165, 1.54) is 18.3 Å². The van der Waals surface area contributed by atoms with E-state index in [-0.39, 0.29) is 23.1 Å². The Hall–Kier alpha value is -4.56. The summed E-state index contributed by atoms with van der Waals surface area (Å²) < 4.78 is 19.3. The fourth-order valence-corrected chi connectivity index (χ4v) is 3.77. The average Bonchev–Trinajstić information content (AvgIpc) is 2.90. The molecule has 0 aliphatic rings. The molecule has 2 aromatic carbocycles. The molecule has 37 heavy (non-hydrogen) atoms. The minimum absolute atomic E-state index is 0.0714. The van der Waals surface area contributed by atoms with E-state index in [0.717, 1.165) is 28.9 Å². The maximum Gasteiger partial charge on any atom is 0.255 e. The Balaban J connectivity index is 1.50. The monoisotopic (exact) mass is 497 g/mol. The standard InChI is InChI=1S/C29H28FN5O2/c1-19(29(36)34-23-10-12-28(33-17-23)37-27-8-6-5-7-25(27)30)24-14-21(9-11-26(24)31-2)22-13-20(15-32-16-22)18-35(3)4/h5-17,31H,1,18H2,2-4H3,(H,34,36). The van der Waals surface area contributed by atoms with Crippen molar-refractivity contribution in [3.8, 4) is 22.8 Å². The van der Waals surface area contributed by atoms with Crippen LogP contribution in [-0.4, -0.2) is 41.9 Å². The number of benzene rings is 2. The van der Waals surface area contributed by atoms with Gasteiger partial charge in [-0.3, -0.25) is 9.78 Å². The van der Waals surface area contributed by atoms with Gasteiger partial charge in [-0.15, -0.1) is 0 Å². The van der Waals surface area contributed by atoms with Gasteiger partial charge < -0.3 is 20.3 Å². The van der Waals surface area contributed by atoms with Gasteiger partial charge in [-0.1, -0.05) is 24.8 Å². The van der Waals surface area contributed by atoms with Crippen LogP contribution in [0.15, 0.2) is 85.8 Å². The number of rotatable bonds is 9. The first-order valence-corrected chi connectivity index (χ1v) is 11.6. The summed E-state index contributed by atoms with van der Waals surface area (Å²) in [6.45, 7) is 4.82. The van der Waals surface area contributed by atoms with Crippen molar-refractivity contribution in [2.45, 2.75) is 6.54 Å². The highest BCUT2D eigenvalue weighted by molar-refractivity contribution is 6.25. The summed E-state index contributed by atoms with van der Waals surface area (Å²) in [7, 11) is 5.81. The third-order valence-electron chi connectivity index (χ3n) is 5.56. The van der Waals surface area contributed by atoms with Crippen LogP contribution >= 0.6 is 0 Å². The first-order valence-electron chi connectivity index (χ1n) is 11.6. The molecule has 0 saturated heterocycles. The van der Waals surface area contributed by atoms with E-state index in [1.807, 2.05) is 38.5 Å². The molecule has 0 radical (unpaired) electrons. The van der Waals surface area contributed by atoms with Crippen LogP contribution in [0.2, 0.25) is 0 Å². The molecule has 0 bridgehead atoms. The number of para-hydroxylation sites is 1. The lowest BCUT2D eigenvalue weighted by atomic mass is 9.97. The second kappa shape index (κ2) is 11.5. The third kappa shape index (κ3) is 6.36. The van der Waals surface area contributed by atoms with Gasteiger partial charge in [-0.2, -0.15) is 0 Å². The lowest BCUT2D eigenvalue weighted by Crippen LogP contribution is -2.14. The number of aromatic nitrogens is 2. The first kappa shape index (κ1) is 25.5. The highest BCUT2D eigenvalue weighted by Crippen LogP contribution is 2.30. The molecule has 2 heterocycles. The number of nitrogens with zero attached hydrogens (tertiary/aromatic N) is 3. The smallest absolute Gasteiger partial charge is 0.255 e.